The van der Waals surface area contributed by atoms with Gasteiger partial charge in [-0.1, -0.05) is 48.0 Å². The van der Waals surface area contributed by atoms with E-state index in [1.165, 1.54) is 39.0 Å². The Kier molecular flexibility index (Phi) is 6.54. The molecule has 0 aliphatic carbocycles. The quantitative estimate of drug-likeness (QED) is 0.591. The number of allylic oxidation sites excluding steroid dienone is 2. The fourth-order valence-corrected chi connectivity index (χ4v) is 3.30. The van der Waals surface area contributed by atoms with E-state index in [0.717, 1.165) is 25.5 Å². The molecule has 0 aliphatic rings. The minimum atomic E-state index is 0.591. The van der Waals surface area contributed by atoms with Crippen LogP contribution in [0.1, 0.15) is 53.1 Å². The number of carbonyl (C=O) groups is 1. The lowest BCUT2D eigenvalue weighted by atomic mass is 9.93. The molecule has 0 spiro atoms. The van der Waals surface area contributed by atoms with Gasteiger partial charge in [0, 0.05) is 6.42 Å². The van der Waals surface area contributed by atoms with E-state index in [1.54, 1.807) is 0 Å². The van der Waals surface area contributed by atoms with Crippen LogP contribution in [-0.2, 0) is 17.6 Å². The van der Waals surface area contributed by atoms with Crippen molar-refractivity contribution in [2.45, 2.75) is 53.4 Å². The third-order valence-corrected chi connectivity index (χ3v) is 4.70. The van der Waals surface area contributed by atoms with Gasteiger partial charge < -0.3 is 4.79 Å². The summed E-state index contributed by atoms with van der Waals surface area (Å²) in [6.07, 6.45) is 6.67. The van der Waals surface area contributed by atoms with Gasteiger partial charge in [-0.05, 0) is 80.3 Å². The fraction of sp³-hybridized carbons (Fsp3) is 0.348. The molecule has 0 radical (unpaired) electrons. The van der Waals surface area contributed by atoms with E-state index in [9.17, 15) is 4.79 Å². The number of hydrogen-bond acceptors (Lipinski definition) is 1. The van der Waals surface area contributed by atoms with Crippen molar-refractivity contribution in [3.63, 3.8) is 0 Å². The van der Waals surface area contributed by atoms with Crippen molar-refractivity contribution in [3.8, 4) is 0 Å². The van der Waals surface area contributed by atoms with Gasteiger partial charge in [0.15, 0.2) is 0 Å². The lowest BCUT2D eigenvalue weighted by Crippen LogP contribution is -1.97. The molecule has 126 valence electrons. The molecular weight excluding hydrogens is 292 g/mol. The Morgan fingerprint density at radius 2 is 1.75 bits per heavy atom. The molecule has 2 aromatic rings. The van der Waals surface area contributed by atoms with Crippen LogP contribution in [0.4, 0.5) is 0 Å². The molecule has 0 N–H and O–H groups in total. The van der Waals surface area contributed by atoms with Crippen LogP contribution < -0.4 is 0 Å². The first-order valence-corrected chi connectivity index (χ1v) is 8.80. The Morgan fingerprint density at radius 1 is 0.958 bits per heavy atom. The zero-order valence-corrected chi connectivity index (χ0v) is 15.4. The first-order chi connectivity index (χ1) is 11.5. The molecule has 0 saturated carbocycles. The van der Waals surface area contributed by atoms with E-state index in [-0.39, 0.29) is 0 Å². The van der Waals surface area contributed by atoms with Gasteiger partial charge in [-0.2, -0.15) is 0 Å². The average molecular weight is 320 g/mol. The van der Waals surface area contributed by atoms with Crippen molar-refractivity contribution < 1.29 is 4.79 Å². The van der Waals surface area contributed by atoms with Crippen molar-refractivity contribution in [1.29, 1.82) is 0 Å². The molecule has 1 heteroatoms. The van der Waals surface area contributed by atoms with E-state index >= 15 is 0 Å². The number of benzene rings is 2. The fourth-order valence-electron chi connectivity index (χ4n) is 3.30. The molecule has 0 amide bonds. The summed E-state index contributed by atoms with van der Waals surface area (Å²) in [7, 11) is 0. The Balaban J connectivity index is 2.10. The van der Waals surface area contributed by atoms with Crippen LogP contribution in [0.25, 0.3) is 5.57 Å². The highest BCUT2D eigenvalue weighted by atomic mass is 16.1. The Bertz CT molecular complexity index is 738. The van der Waals surface area contributed by atoms with E-state index in [4.69, 9.17) is 0 Å². The molecule has 0 fully saturated rings. The van der Waals surface area contributed by atoms with Gasteiger partial charge >= 0.3 is 0 Å². The second kappa shape index (κ2) is 8.63. The summed E-state index contributed by atoms with van der Waals surface area (Å²) in [5, 5.41) is 0. The number of aldehydes is 1. The lowest BCUT2D eigenvalue weighted by molar-refractivity contribution is -0.107. The Hall–Kier alpha value is -2.15. The van der Waals surface area contributed by atoms with Gasteiger partial charge in [0.25, 0.3) is 0 Å². The highest BCUT2D eigenvalue weighted by Crippen LogP contribution is 2.24. The summed E-state index contributed by atoms with van der Waals surface area (Å²) in [5.41, 5.74) is 9.35. The van der Waals surface area contributed by atoms with Crippen LogP contribution in [-0.4, -0.2) is 6.29 Å². The van der Waals surface area contributed by atoms with E-state index in [2.05, 4.69) is 63.2 Å². The SMILES string of the molecule is C/C=C(/CCC=O)c1ccc(CCc2ccc(C)cc2C)cc1C. The molecule has 24 heavy (non-hydrogen) atoms. The molecule has 0 aliphatic heterocycles. The van der Waals surface area contributed by atoms with Crippen molar-refractivity contribution in [2.75, 3.05) is 0 Å². The summed E-state index contributed by atoms with van der Waals surface area (Å²) in [5.74, 6) is 0. The van der Waals surface area contributed by atoms with Crippen molar-refractivity contribution in [2.24, 2.45) is 0 Å². The molecule has 1 nitrogen and oxygen atoms in total. The second-order valence-corrected chi connectivity index (χ2v) is 6.60. The minimum absolute atomic E-state index is 0.591. The predicted molar refractivity (Wildman–Crippen MR) is 103 cm³/mol. The topological polar surface area (TPSA) is 17.1 Å². The third kappa shape index (κ3) is 4.67. The maximum atomic E-state index is 10.6. The molecule has 0 heterocycles. The van der Waals surface area contributed by atoms with Crippen LogP contribution in [0.2, 0.25) is 0 Å². The summed E-state index contributed by atoms with van der Waals surface area (Å²) in [6, 6.07) is 13.5. The van der Waals surface area contributed by atoms with Gasteiger partial charge in [-0.25, -0.2) is 0 Å². The van der Waals surface area contributed by atoms with E-state index in [0.29, 0.717) is 6.42 Å². The zero-order chi connectivity index (χ0) is 17.5. The minimum Gasteiger partial charge on any atom is -0.303 e. The number of hydrogen-bond donors (Lipinski definition) is 0. The maximum absolute atomic E-state index is 10.6. The largest absolute Gasteiger partial charge is 0.303 e. The van der Waals surface area contributed by atoms with Crippen LogP contribution in [0.5, 0.6) is 0 Å². The van der Waals surface area contributed by atoms with Gasteiger partial charge in [0.05, 0.1) is 0 Å². The lowest BCUT2D eigenvalue weighted by Gasteiger charge is -2.12. The summed E-state index contributed by atoms with van der Waals surface area (Å²) in [4.78, 5) is 10.6. The number of carbonyl (C=O) groups excluding carboxylic acids is 1. The van der Waals surface area contributed by atoms with Gasteiger partial charge in [-0.15, -0.1) is 0 Å². The van der Waals surface area contributed by atoms with Gasteiger partial charge in [-0.3, -0.25) is 0 Å². The first kappa shape index (κ1) is 18.2. The molecule has 0 atom stereocenters. The van der Waals surface area contributed by atoms with Crippen LogP contribution in [0, 0.1) is 20.8 Å². The first-order valence-electron chi connectivity index (χ1n) is 8.80. The standard InChI is InChI=1S/C23H28O/c1-5-21(7-6-14-24)23-13-10-20(16-19(23)4)9-12-22-11-8-17(2)15-18(22)3/h5,8,10-11,13-16H,6-7,9,12H2,1-4H3/b21-5-. The normalized spacial score (nSPS) is 11.6. The summed E-state index contributed by atoms with van der Waals surface area (Å²) < 4.78 is 0. The predicted octanol–water partition coefficient (Wildman–Crippen LogP) is 5.78. The van der Waals surface area contributed by atoms with Crippen LogP contribution in [0.15, 0.2) is 42.5 Å². The zero-order valence-electron chi connectivity index (χ0n) is 15.4. The van der Waals surface area contributed by atoms with E-state index < -0.39 is 0 Å². The molecule has 0 saturated heterocycles. The van der Waals surface area contributed by atoms with Crippen molar-refractivity contribution in [3.05, 3.63) is 75.9 Å². The molecule has 2 aromatic carbocycles. The molecule has 0 aromatic heterocycles. The van der Waals surface area contributed by atoms with Gasteiger partial charge in [0.1, 0.15) is 6.29 Å². The molecular formula is C23H28O. The number of rotatable bonds is 7. The second-order valence-electron chi connectivity index (χ2n) is 6.60. The van der Waals surface area contributed by atoms with Crippen LogP contribution in [0.3, 0.4) is 0 Å². The third-order valence-electron chi connectivity index (χ3n) is 4.70. The number of aryl methyl sites for hydroxylation is 5. The summed E-state index contributed by atoms with van der Waals surface area (Å²) in [6.45, 7) is 8.55. The summed E-state index contributed by atoms with van der Waals surface area (Å²) >= 11 is 0. The smallest absolute Gasteiger partial charge is 0.120 e. The molecule has 0 unspecified atom stereocenters. The Morgan fingerprint density at radius 3 is 2.38 bits per heavy atom. The molecule has 2 rings (SSSR count). The van der Waals surface area contributed by atoms with Crippen molar-refractivity contribution in [1.82, 2.24) is 0 Å². The van der Waals surface area contributed by atoms with Crippen LogP contribution >= 0.6 is 0 Å². The highest BCUT2D eigenvalue weighted by Gasteiger charge is 2.06. The van der Waals surface area contributed by atoms with E-state index in [1.807, 2.05) is 6.92 Å². The van der Waals surface area contributed by atoms with Crippen molar-refractivity contribution >= 4 is 11.9 Å². The molecule has 0 bridgehead atoms. The highest BCUT2D eigenvalue weighted by molar-refractivity contribution is 5.70. The van der Waals surface area contributed by atoms with Gasteiger partial charge in [0.2, 0.25) is 0 Å². The maximum Gasteiger partial charge on any atom is 0.120 e. The Labute approximate surface area is 146 Å². The average Bonchev–Trinajstić information content (AvgIpc) is 2.56. The monoisotopic (exact) mass is 320 g/mol.